The fourth-order valence-corrected chi connectivity index (χ4v) is 3.49. The van der Waals surface area contributed by atoms with Crippen LogP contribution in [-0.4, -0.2) is 15.2 Å². The maximum absolute atomic E-state index is 6.07. The van der Waals surface area contributed by atoms with Crippen LogP contribution in [0.3, 0.4) is 0 Å². The Labute approximate surface area is 137 Å². The molecule has 0 amide bonds. The molecule has 23 heavy (non-hydrogen) atoms. The van der Waals surface area contributed by atoms with Gasteiger partial charge in [-0.2, -0.15) is 5.10 Å². The summed E-state index contributed by atoms with van der Waals surface area (Å²) in [4.78, 5) is 4.67. The smallest absolute Gasteiger partial charge is 0.160 e. The predicted molar refractivity (Wildman–Crippen MR) is 95.4 cm³/mol. The first kappa shape index (κ1) is 13.8. The minimum atomic E-state index is 0.527. The number of nitrogens with zero attached hydrogens (tertiary/aromatic N) is 2. The van der Waals surface area contributed by atoms with E-state index in [9.17, 15) is 0 Å². The summed E-state index contributed by atoms with van der Waals surface area (Å²) in [5, 5.41) is 11.3. The number of nitrogens with one attached hydrogen (secondary N) is 2. The summed E-state index contributed by atoms with van der Waals surface area (Å²) < 4.78 is 1.14. The van der Waals surface area contributed by atoms with Crippen molar-refractivity contribution in [3.63, 3.8) is 0 Å². The maximum Gasteiger partial charge on any atom is 0.160 e. The van der Waals surface area contributed by atoms with E-state index in [1.54, 1.807) is 11.3 Å². The zero-order chi connectivity index (χ0) is 15.6. The molecule has 4 aromatic rings. The zero-order valence-electron chi connectivity index (χ0n) is 12.3. The number of aromatic amines is 1. The molecule has 4 N–H and O–H groups in total. The van der Waals surface area contributed by atoms with Gasteiger partial charge < -0.3 is 11.1 Å². The van der Waals surface area contributed by atoms with Crippen molar-refractivity contribution in [3.05, 3.63) is 60.2 Å². The molecule has 2 aromatic carbocycles. The van der Waals surface area contributed by atoms with Crippen LogP contribution in [-0.2, 0) is 6.54 Å². The van der Waals surface area contributed by atoms with E-state index in [1.807, 2.05) is 36.4 Å². The van der Waals surface area contributed by atoms with Crippen molar-refractivity contribution < 1.29 is 0 Å². The van der Waals surface area contributed by atoms with E-state index in [0.29, 0.717) is 12.4 Å². The molecule has 6 heteroatoms. The van der Waals surface area contributed by atoms with Crippen molar-refractivity contribution in [2.75, 3.05) is 11.1 Å². The molecule has 0 atom stereocenters. The highest BCUT2D eigenvalue weighted by atomic mass is 32.1. The lowest BCUT2D eigenvalue weighted by atomic mass is 10.2. The number of hydrogen-bond acceptors (Lipinski definition) is 5. The van der Waals surface area contributed by atoms with Crippen molar-refractivity contribution in [2.45, 2.75) is 6.54 Å². The molecule has 2 aromatic heterocycles. The summed E-state index contributed by atoms with van der Waals surface area (Å²) in [6.07, 6.45) is 0. The maximum atomic E-state index is 6.07. The van der Waals surface area contributed by atoms with Crippen molar-refractivity contribution in [1.82, 2.24) is 15.2 Å². The molecule has 0 aliphatic rings. The van der Waals surface area contributed by atoms with E-state index in [-0.39, 0.29) is 0 Å². The molecule has 0 saturated heterocycles. The van der Waals surface area contributed by atoms with E-state index in [4.69, 9.17) is 5.73 Å². The van der Waals surface area contributed by atoms with Crippen LogP contribution >= 0.6 is 11.3 Å². The second kappa shape index (κ2) is 5.73. The van der Waals surface area contributed by atoms with Crippen LogP contribution in [0.1, 0.15) is 5.56 Å². The Balaban J connectivity index is 1.67. The highest BCUT2D eigenvalue weighted by molar-refractivity contribution is 7.21. The Morgan fingerprint density at radius 2 is 1.83 bits per heavy atom. The van der Waals surface area contributed by atoms with Crippen molar-refractivity contribution in [2.24, 2.45) is 0 Å². The highest BCUT2D eigenvalue weighted by Gasteiger charge is 2.17. The van der Waals surface area contributed by atoms with Crippen molar-refractivity contribution in [1.29, 1.82) is 0 Å². The van der Waals surface area contributed by atoms with E-state index in [2.05, 4.69) is 38.7 Å². The van der Waals surface area contributed by atoms with Crippen LogP contribution in [0.2, 0.25) is 0 Å². The third kappa shape index (κ3) is 2.64. The first-order valence-corrected chi connectivity index (χ1v) is 8.10. The molecule has 2 heterocycles. The van der Waals surface area contributed by atoms with Gasteiger partial charge in [-0.1, -0.05) is 42.5 Å². The predicted octanol–water partition coefficient (Wildman–Crippen LogP) is 3.88. The minimum absolute atomic E-state index is 0.527. The molecular formula is C17H15N5S. The van der Waals surface area contributed by atoms with Crippen LogP contribution in [0.5, 0.6) is 0 Å². The van der Waals surface area contributed by atoms with Gasteiger partial charge in [0.05, 0.1) is 15.8 Å². The largest absolute Gasteiger partial charge is 0.383 e. The molecule has 4 rings (SSSR count). The van der Waals surface area contributed by atoms with Crippen molar-refractivity contribution in [3.8, 4) is 10.6 Å². The monoisotopic (exact) mass is 321 g/mol. The normalized spacial score (nSPS) is 11.0. The SMILES string of the molecule is Nc1[nH]nc(NCc2ccccc2)c1-c1nc2ccccc2s1. The van der Waals surface area contributed by atoms with E-state index < -0.39 is 0 Å². The van der Waals surface area contributed by atoms with Gasteiger partial charge in [0.1, 0.15) is 10.8 Å². The Hall–Kier alpha value is -2.86. The lowest BCUT2D eigenvalue weighted by Gasteiger charge is -2.05. The van der Waals surface area contributed by atoms with Crippen LogP contribution < -0.4 is 11.1 Å². The number of fused-ring (bicyclic) bond motifs is 1. The summed E-state index contributed by atoms with van der Waals surface area (Å²) in [5.41, 5.74) is 9.07. The number of rotatable bonds is 4. The van der Waals surface area contributed by atoms with Crippen LogP contribution in [0.15, 0.2) is 54.6 Å². The Morgan fingerprint density at radius 3 is 2.65 bits per heavy atom. The van der Waals surface area contributed by atoms with Crippen molar-refractivity contribution >= 4 is 33.2 Å². The molecule has 0 saturated carbocycles. The number of benzene rings is 2. The number of thiazole rings is 1. The van der Waals surface area contributed by atoms with Crippen LogP contribution in [0, 0.1) is 0 Å². The molecule has 0 aliphatic carbocycles. The van der Waals surface area contributed by atoms with Gasteiger partial charge in [0.25, 0.3) is 0 Å². The number of aromatic nitrogens is 3. The lowest BCUT2D eigenvalue weighted by molar-refractivity contribution is 1.05. The zero-order valence-corrected chi connectivity index (χ0v) is 13.1. The number of hydrogen-bond donors (Lipinski definition) is 3. The van der Waals surface area contributed by atoms with E-state index in [0.717, 1.165) is 26.6 Å². The highest BCUT2D eigenvalue weighted by Crippen LogP contribution is 2.37. The lowest BCUT2D eigenvalue weighted by Crippen LogP contribution is -2.00. The Bertz CT molecular complexity index is 909. The fraction of sp³-hybridized carbons (Fsp3) is 0.0588. The first-order valence-electron chi connectivity index (χ1n) is 7.29. The van der Waals surface area contributed by atoms with Crippen LogP contribution in [0.25, 0.3) is 20.8 Å². The van der Waals surface area contributed by atoms with Gasteiger partial charge >= 0.3 is 0 Å². The molecular weight excluding hydrogens is 306 g/mol. The van der Waals surface area contributed by atoms with Gasteiger partial charge in [-0.25, -0.2) is 4.98 Å². The molecule has 0 fully saturated rings. The number of anilines is 2. The van der Waals surface area contributed by atoms with Crippen LogP contribution in [0.4, 0.5) is 11.6 Å². The summed E-state index contributed by atoms with van der Waals surface area (Å²) >= 11 is 1.61. The number of nitrogens with two attached hydrogens (primary N) is 1. The summed E-state index contributed by atoms with van der Waals surface area (Å²) in [5.74, 6) is 1.25. The number of para-hydroxylation sites is 1. The van der Waals surface area contributed by atoms with E-state index in [1.165, 1.54) is 5.56 Å². The quantitative estimate of drug-likeness (QED) is 0.533. The summed E-state index contributed by atoms with van der Waals surface area (Å²) in [6.45, 7) is 0.684. The molecule has 0 unspecified atom stereocenters. The van der Waals surface area contributed by atoms with E-state index >= 15 is 0 Å². The second-order valence-electron chi connectivity index (χ2n) is 5.19. The van der Waals surface area contributed by atoms with Gasteiger partial charge in [-0.3, -0.25) is 5.10 Å². The minimum Gasteiger partial charge on any atom is -0.383 e. The molecule has 0 bridgehead atoms. The van der Waals surface area contributed by atoms with Gasteiger partial charge in [-0.15, -0.1) is 11.3 Å². The molecule has 0 radical (unpaired) electrons. The fourth-order valence-electron chi connectivity index (χ4n) is 2.46. The average Bonchev–Trinajstić information content (AvgIpc) is 3.16. The number of nitrogen functional groups attached to an aromatic ring is 1. The van der Waals surface area contributed by atoms with Gasteiger partial charge in [0.15, 0.2) is 5.82 Å². The molecule has 0 spiro atoms. The standard InChI is InChI=1S/C17H15N5S/c18-15-14(17-20-12-8-4-5-9-13(12)23-17)16(22-21-15)19-10-11-6-2-1-3-7-11/h1-9H,10H2,(H4,18,19,21,22). The van der Waals surface area contributed by atoms with Gasteiger partial charge in [-0.05, 0) is 17.7 Å². The second-order valence-corrected chi connectivity index (χ2v) is 6.22. The summed E-state index contributed by atoms with van der Waals surface area (Å²) in [6, 6.07) is 18.2. The number of H-pyrrole nitrogens is 1. The molecule has 0 aliphatic heterocycles. The third-order valence-electron chi connectivity index (χ3n) is 3.60. The average molecular weight is 321 g/mol. The third-order valence-corrected chi connectivity index (χ3v) is 4.66. The first-order chi connectivity index (χ1) is 11.3. The molecule has 5 nitrogen and oxygen atoms in total. The molecule has 114 valence electrons. The summed E-state index contributed by atoms with van der Waals surface area (Å²) in [7, 11) is 0. The van der Waals surface area contributed by atoms with Gasteiger partial charge in [0, 0.05) is 6.54 Å². The Kier molecular flexibility index (Phi) is 3.44. The Morgan fingerprint density at radius 1 is 1.04 bits per heavy atom. The van der Waals surface area contributed by atoms with Gasteiger partial charge in [0.2, 0.25) is 0 Å². The topological polar surface area (TPSA) is 79.6 Å².